The predicted molar refractivity (Wildman–Crippen MR) is 71.6 cm³/mol. The first kappa shape index (κ1) is 13.5. The topological polar surface area (TPSA) is 51.2 Å². The van der Waals surface area contributed by atoms with Crippen LogP contribution in [0.2, 0.25) is 5.22 Å². The van der Waals surface area contributed by atoms with E-state index in [2.05, 4.69) is 21.4 Å². The molecule has 0 fully saturated rings. The molecule has 0 aliphatic carbocycles. The molecule has 1 unspecified atom stereocenters. The van der Waals surface area contributed by atoms with Crippen LogP contribution in [0.1, 0.15) is 17.2 Å². The Morgan fingerprint density at radius 2 is 2.22 bits per heavy atom. The Morgan fingerprint density at radius 3 is 2.78 bits per heavy atom. The lowest BCUT2D eigenvalue weighted by Gasteiger charge is -2.15. The molecule has 0 amide bonds. The average Bonchev–Trinajstić information content (AvgIpc) is 2.77. The maximum atomic E-state index is 13.1. The highest BCUT2D eigenvalue weighted by Crippen LogP contribution is 2.27. The Bertz CT molecular complexity index is 547. The smallest absolute Gasteiger partial charge is 0.197 e. The molecule has 2 aromatic rings. The van der Waals surface area contributed by atoms with Gasteiger partial charge in [-0.1, -0.05) is 6.07 Å². The molecule has 3 N–H and O–H groups in total. The average molecular weight is 334 g/mol. The molecule has 2 rings (SSSR count). The van der Waals surface area contributed by atoms with Crippen molar-refractivity contribution in [1.29, 1.82) is 0 Å². The predicted octanol–water partition coefficient (Wildman–Crippen LogP) is 3.58. The van der Waals surface area contributed by atoms with Gasteiger partial charge in [-0.3, -0.25) is 11.3 Å². The summed E-state index contributed by atoms with van der Waals surface area (Å²) in [5, 5.41) is 0.305. The minimum absolute atomic E-state index is 0.186. The van der Waals surface area contributed by atoms with Crippen molar-refractivity contribution in [3.63, 3.8) is 0 Å². The fourth-order valence-electron chi connectivity index (χ4n) is 1.71. The summed E-state index contributed by atoms with van der Waals surface area (Å²) in [7, 11) is 0. The molecule has 1 aromatic heterocycles. The van der Waals surface area contributed by atoms with Crippen LogP contribution in [0.5, 0.6) is 0 Å². The van der Waals surface area contributed by atoms with Gasteiger partial charge in [-0.05, 0) is 57.7 Å². The summed E-state index contributed by atoms with van der Waals surface area (Å²) in [5.74, 6) is 5.22. The lowest BCUT2D eigenvalue weighted by molar-refractivity contribution is 0.526. The monoisotopic (exact) mass is 332 g/mol. The summed E-state index contributed by atoms with van der Waals surface area (Å²) < 4.78 is 18.6. The lowest BCUT2D eigenvalue weighted by atomic mass is 10.0. The van der Waals surface area contributed by atoms with Crippen LogP contribution in [0.3, 0.4) is 0 Å². The van der Waals surface area contributed by atoms with Gasteiger partial charge in [-0.2, -0.15) is 0 Å². The number of furan rings is 1. The van der Waals surface area contributed by atoms with E-state index >= 15 is 0 Å². The number of hydrazine groups is 1. The zero-order valence-electron chi connectivity index (χ0n) is 9.29. The summed E-state index contributed by atoms with van der Waals surface area (Å²) >= 11 is 9.05. The van der Waals surface area contributed by atoms with Crippen LogP contribution >= 0.6 is 27.5 Å². The standard InChI is InChI=1S/C12H11BrClFN2O/c13-9-5-7(1-2-10(9)15)6-11(17-16)8-3-4-18-12(8)14/h1-5,11,17H,6,16H2. The van der Waals surface area contributed by atoms with Crippen molar-refractivity contribution >= 4 is 27.5 Å². The molecular formula is C12H11BrClFN2O. The van der Waals surface area contributed by atoms with Gasteiger partial charge in [-0.15, -0.1) is 0 Å². The molecule has 0 saturated heterocycles. The number of nitrogens with two attached hydrogens (primary N) is 1. The maximum Gasteiger partial charge on any atom is 0.197 e. The molecule has 96 valence electrons. The summed E-state index contributed by atoms with van der Waals surface area (Å²) in [4.78, 5) is 0. The number of nitrogens with one attached hydrogen (secondary N) is 1. The van der Waals surface area contributed by atoms with E-state index in [1.807, 2.05) is 0 Å². The number of halogens is 3. The van der Waals surface area contributed by atoms with E-state index in [1.54, 1.807) is 18.2 Å². The zero-order chi connectivity index (χ0) is 13.1. The van der Waals surface area contributed by atoms with Gasteiger partial charge in [0.25, 0.3) is 0 Å². The zero-order valence-corrected chi connectivity index (χ0v) is 11.6. The summed E-state index contributed by atoms with van der Waals surface area (Å²) in [6.07, 6.45) is 2.08. The Kier molecular flexibility index (Phi) is 4.40. The maximum absolute atomic E-state index is 13.1. The van der Waals surface area contributed by atoms with Crippen molar-refractivity contribution in [1.82, 2.24) is 5.43 Å². The molecule has 0 spiro atoms. The van der Waals surface area contributed by atoms with Crippen molar-refractivity contribution in [2.75, 3.05) is 0 Å². The van der Waals surface area contributed by atoms with Gasteiger partial charge in [0, 0.05) is 5.56 Å². The molecule has 1 atom stereocenters. The third-order valence-corrected chi connectivity index (χ3v) is 3.56. The molecule has 0 aliphatic heterocycles. The first-order chi connectivity index (χ1) is 8.61. The molecule has 1 aromatic carbocycles. The fraction of sp³-hybridized carbons (Fsp3) is 0.167. The van der Waals surface area contributed by atoms with Gasteiger partial charge in [0.15, 0.2) is 5.22 Å². The molecule has 1 heterocycles. The number of hydrogen-bond acceptors (Lipinski definition) is 3. The first-order valence-corrected chi connectivity index (χ1v) is 6.42. The third kappa shape index (κ3) is 2.92. The highest BCUT2D eigenvalue weighted by atomic mass is 79.9. The van der Waals surface area contributed by atoms with Gasteiger partial charge < -0.3 is 4.42 Å². The van der Waals surface area contributed by atoms with E-state index in [1.165, 1.54) is 12.3 Å². The molecule has 18 heavy (non-hydrogen) atoms. The molecule has 0 saturated carbocycles. The number of rotatable bonds is 4. The molecular weight excluding hydrogens is 322 g/mol. The quantitative estimate of drug-likeness (QED) is 0.664. The second-order valence-corrected chi connectivity index (χ2v) is 5.02. The van der Waals surface area contributed by atoms with Crippen LogP contribution in [0.4, 0.5) is 4.39 Å². The van der Waals surface area contributed by atoms with Crippen molar-refractivity contribution in [2.24, 2.45) is 5.84 Å². The molecule has 3 nitrogen and oxygen atoms in total. The van der Waals surface area contributed by atoms with E-state index in [9.17, 15) is 4.39 Å². The van der Waals surface area contributed by atoms with Crippen LogP contribution in [0, 0.1) is 5.82 Å². The van der Waals surface area contributed by atoms with E-state index in [-0.39, 0.29) is 11.9 Å². The minimum atomic E-state index is -0.294. The summed E-state index contributed by atoms with van der Waals surface area (Å²) in [6.45, 7) is 0. The highest BCUT2D eigenvalue weighted by Gasteiger charge is 2.16. The van der Waals surface area contributed by atoms with Gasteiger partial charge >= 0.3 is 0 Å². The molecule has 6 heteroatoms. The normalized spacial score (nSPS) is 12.7. The van der Waals surface area contributed by atoms with Crippen molar-refractivity contribution in [2.45, 2.75) is 12.5 Å². The Labute approximate surface area is 117 Å². The van der Waals surface area contributed by atoms with Gasteiger partial charge in [0.05, 0.1) is 16.8 Å². The highest BCUT2D eigenvalue weighted by molar-refractivity contribution is 9.10. The molecule has 0 aliphatic rings. The van der Waals surface area contributed by atoms with Crippen LogP contribution in [-0.4, -0.2) is 0 Å². The Balaban J connectivity index is 2.20. The van der Waals surface area contributed by atoms with Crippen LogP contribution < -0.4 is 11.3 Å². The van der Waals surface area contributed by atoms with Crippen molar-refractivity contribution in [3.05, 3.63) is 57.2 Å². The molecule has 0 bridgehead atoms. The third-order valence-electron chi connectivity index (χ3n) is 2.65. The SMILES string of the molecule is NNC(Cc1ccc(F)c(Br)c1)c1ccoc1Cl. The second kappa shape index (κ2) is 5.84. The minimum Gasteiger partial charge on any atom is -0.453 e. The van der Waals surface area contributed by atoms with E-state index in [0.29, 0.717) is 16.1 Å². The lowest BCUT2D eigenvalue weighted by Crippen LogP contribution is -2.29. The van der Waals surface area contributed by atoms with Crippen molar-refractivity contribution < 1.29 is 8.81 Å². The first-order valence-electron chi connectivity index (χ1n) is 5.24. The van der Waals surface area contributed by atoms with Crippen LogP contribution in [-0.2, 0) is 6.42 Å². The summed E-state index contributed by atoms with van der Waals surface area (Å²) in [5.41, 5.74) is 4.39. The second-order valence-electron chi connectivity index (χ2n) is 3.82. The van der Waals surface area contributed by atoms with Gasteiger partial charge in [0.1, 0.15) is 5.82 Å². The summed E-state index contributed by atoms with van der Waals surface area (Å²) in [6, 6.07) is 6.40. The van der Waals surface area contributed by atoms with E-state index in [0.717, 1.165) is 11.1 Å². The number of benzene rings is 1. The van der Waals surface area contributed by atoms with Crippen LogP contribution in [0.15, 0.2) is 39.4 Å². The van der Waals surface area contributed by atoms with Gasteiger partial charge in [0.2, 0.25) is 0 Å². The van der Waals surface area contributed by atoms with E-state index in [4.69, 9.17) is 21.9 Å². The van der Waals surface area contributed by atoms with Crippen molar-refractivity contribution in [3.8, 4) is 0 Å². The Hall–Kier alpha value is -0.880. The fourth-order valence-corrected chi connectivity index (χ4v) is 2.39. The van der Waals surface area contributed by atoms with E-state index < -0.39 is 0 Å². The largest absolute Gasteiger partial charge is 0.453 e. The van der Waals surface area contributed by atoms with Crippen LogP contribution in [0.25, 0.3) is 0 Å². The Morgan fingerprint density at radius 1 is 1.44 bits per heavy atom. The van der Waals surface area contributed by atoms with Gasteiger partial charge in [-0.25, -0.2) is 4.39 Å². The number of hydrogen-bond donors (Lipinski definition) is 2. The molecule has 0 radical (unpaired) electrons.